The fraction of sp³-hybridized carbons (Fsp3) is 0.304. The second kappa shape index (κ2) is 9.16. The van der Waals surface area contributed by atoms with Crippen LogP contribution in [0.15, 0.2) is 48.2 Å². The van der Waals surface area contributed by atoms with Crippen molar-refractivity contribution >= 4 is 39.8 Å². The van der Waals surface area contributed by atoms with Gasteiger partial charge in [0.2, 0.25) is 0 Å². The van der Waals surface area contributed by atoms with Crippen LogP contribution in [0.25, 0.3) is 21.6 Å². The third kappa shape index (κ3) is 4.67. The van der Waals surface area contributed by atoms with Gasteiger partial charge in [-0.1, -0.05) is 11.3 Å². The number of carbonyl (C=O) groups excluding carboxylic acids is 1. The summed E-state index contributed by atoms with van der Waals surface area (Å²) < 4.78 is 0. The summed E-state index contributed by atoms with van der Waals surface area (Å²) in [5.74, 6) is 1.03. The average Bonchev–Trinajstić information content (AvgIpc) is 3.39. The number of hydrogen-bond donors (Lipinski definition) is 1. The van der Waals surface area contributed by atoms with Crippen molar-refractivity contribution in [3.63, 3.8) is 0 Å². The Hall–Kier alpha value is -3.50. The van der Waals surface area contributed by atoms with E-state index in [2.05, 4.69) is 54.1 Å². The Morgan fingerprint density at radius 2 is 1.94 bits per heavy atom. The zero-order chi connectivity index (χ0) is 22.8. The molecule has 1 saturated heterocycles. The van der Waals surface area contributed by atoms with Gasteiger partial charge in [-0.05, 0) is 38.1 Å². The summed E-state index contributed by atoms with van der Waals surface area (Å²) in [4.78, 5) is 31.1. The number of carbonyl (C=O) groups is 1. The van der Waals surface area contributed by atoms with E-state index in [1.807, 2.05) is 18.2 Å². The number of nitrogens with zero attached hydrogens (tertiary/aromatic N) is 7. The molecule has 4 aromatic heterocycles. The highest BCUT2D eigenvalue weighted by Gasteiger charge is 2.20. The Morgan fingerprint density at radius 3 is 2.70 bits per heavy atom. The molecule has 1 N–H and O–H groups in total. The minimum atomic E-state index is -0.230. The molecule has 1 fully saturated rings. The summed E-state index contributed by atoms with van der Waals surface area (Å²) in [6.45, 7) is 8.19. The van der Waals surface area contributed by atoms with Crippen molar-refractivity contribution in [2.75, 3.05) is 36.4 Å². The van der Waals surface area contributed by atoms with E-state index in [1.54, 1.807) is 30.0 Å². The van der Waals surface area contributed by atoms with Crippen molar-refractivity contribution in [1.82, 2.24) is 30.0 Å². The molecule has 0 unspecified atom stereocenters. The van der Waals surface area contributed by atoms with Gasteiger partial charge >= 0.3 is 0 Å². The van der Waals surface area contributed by atoms with E-state index in [1.165, 1.54) is 11.3 Å². The maximum atomic E-state index is 12.9. The molecular weight excluding hydrogens is 436 g/mol. The maximum Gasteiger partial charge on any atom is 0.257 e. The molecule has 168 valence electrons. The molecule has 4 aromatic rings. The van der Waals surface area contributed by atoms with E-state index in [-0.39, 0.29) is 5.91 Å². The van der Waals surface area contributed by atoms with Crippen molar-refractivity contribution in [2.24, 2.45) is 0 Å². The minimum absolute atomic E-state index is 0.230. The number of fused-ring (bicyclic) bond motifs is 1. The number of nitrogens with one attached hydrogen (secondary N) is 1. The van der Waals surface area contributed by atoms with Crippen molar-refractivity contribution in [2.45, 2.75) is 19.9 Å². The molecule has 0 spiro atoms. The highest BCUT2D eigenvalue weighted by atomic mass is 32.1. The number of hydrogen-bond acceptors (Lipinski definition) is 9. The number of rotatable bonds is 5. The summed E-state index contributed by atoms with van der Waals surface area (Å²) >= 11 is 1.43. The second-order valence-corrected chi connectivity index (χ2v) is 9.01. The highest BCUT2D eigenvalue weighted by molar-refractivity contribution is 7.12. The predicted octanol–water partition coefficient (Wildman–Crippen LogP) is 3.33. The van der Waals surface area contributed by atoms with Gasteiger partial charge in [-0.25, -0.2) is 15.0 Å². The second-order valence-electron chi connectivity index (χ2n) is 8.18. The van der Waals surface area contributed by atoms with Crippen molar-refractivity contribution in [3.05, 3.63) is 53.8 Å². The average molecular weight is 461 g/mol. The zero-order valence-corrected chi connectivity index (χ0v) is 19.3. The number of anilines is 2. The van der Waals surface area contributed by atoms with Crippen molar-refractivity contribution in [1.29, 1.82) is 0 Å². The summed E-state index contributed by atoms with van der Waals surface area (Å²) in [5.41, 5.74) is 3.69. The van der Waals surface area contributed by atoms with E-state index in [0.717, 1.165) is 53.6 Å². The van der Waals surface area contributed by atoms with Gasteiger partial charge in [0.25, 0.3) is 5.91 Å². The molecular formula is C23H24N8OS. The van der Waals surface area contributed by atoms with Crippen LogP contribution in [0.4, 0.5) is 11.6 Å². The first-order valence-corrected chi connectivity index (χ1v) is 11.7. The van der Waals surface area contributed by atoms with E-state index >= 15 is 0 Å². The normalized spacial score (nSPS) is 14.7. The topological polar surface area (TPSA) is 100 Å². The molecule has 10 heteroatoms. The van der Waals surface area contributed by atoms with E-state index in [9.17, 15) is 4.79 Å². The molecule has 9 nitrogen and oxygen atoms in total. The van der Waals surface area contributed by atoms with Gasteiger partial charge < -0.3 is 10.2 Å². The molecule has 1 aliphatic rings. The Balaban J connectivity index is 1.32. The lowest BCUT2D eigenvalue weighted by Gasteiger charge is -2.37. The third-order valence-electron chi connectivity index (χ3n) is 5.77. The Labute approximate surface area is 195 Å². The maximum absolute atomic E-state index is 12.9. The molecule has 0 saturated carbocycles. The lowest BCUT2D eigenvalue weighted by molar-refractivity contribution is 0.102. The summed E-state index contributed by atoms with van der Waals surface area (Å²) in [6, 6.07) is 9.69. The number of amides is 1. The number of pyridine rings is 3. The fourth-order valence-electron chi connectivity index (χ4n) is 3.88. The standard InChI is InChI=1S/C23H24N8OS/c1-15(2)30-7-9-31(10-8-30)21-11-16(5-6-24-21)22(32)28-20-12-19-17(13-25-20)3-4-18(27-19)23-29-26-14-33-23/h3-6,11-15H,7-10H2,1-2H3,(H,25,28,32). The molecule has 1 amide bonds. The number of aromatic nitrogens is 5. The van der Waals surface area contributed by atoms with Gasteiger partial charge in [-0.15, -0.1) is 10.2 Å². The molecule has 5 rings (SSSR count). The van der Waals surface area contributed by atoms with Gasteiger partial charge in [-0.3, -0.25) is 9.69 Å². The van der Waals surface area contributed by atoms with Gasteiger partial charge in [0.15, 0.2) is 5.01 Å². The third-order valence-corrected chi connectivity index (χ3v) is 6.48. The van der Waals surface area contributed by atoms with Gasteiger partial charge in [-0.2, -0.15) is 0 Å². The van der Waals surface area contributed by atoms with E-state index in [0.29, 0.717) is 17.4 Å². The van der Waals surface area contributed by atoms with Crippen LogP contribution in [0.2, 0.25) is 0 Å². The Kier molecular flexibility index (Phi) is 5.93. The molecule has 0 aromatic carbocycles. The quantitative estimate of drug-likeness (QED) is 0.484. The molecule has 0 aliphatic carbocycles. The SMILES string of the molecule is CC(C)N1CCN(c2cc(C(=O)Nc3cc4nc(-c5nncs5)ccc4cn3)ccn2)CC1. The predicted molar refractivity (Wildman–Crippen MR) is 130 cm³/mol. The van der Waals surface area contributed by atoms with Crippen molar-refractivity contribution in [3.8, 4) is 10.7 Å². The van der Waals surface area contributed by atoms with Crippen LogP contribution in [0.3, 0.4) is 0 Å². The smallest absolute Gasteiger partial charge is 0.257 e. The Morgan fingerprint density at radius 1 is 1.09 bits per heavy atom. The first-order valence-electron chi connectivity index (χ1n) is 10.9. The lowest BCUT2D eigenvalue weighted by atomic mass is 10.2. The van der Waals surface area contributed by atoms with Gasteiger partial charge in [0, 0.05) is 61.6 Å². The fourth-order valence-corrected chi connectivity index (χ4v) is 4.40. The van der Waals surface area contributed by atoms with Crippen LogP contribution in [0, 0.1) is 0 Å². The molecule has 33 heavy (non-hydrogen) atoms. The van der Waals surface area contributed by atoms with Crippen LogP contribution in [0.5, 0.6) is 0 Å². The molecule has 0 bridgehead atoms. The molecule has 5 heterocycles. The van der Waals surface area contributed by atoms with Crippen LogP contribution in [0.1, 0.15) is 24.2 Å². The van der Waals surface area contributed by atoms with Gasteiger partial charge in [0.05, 0.1) is 5.52 Å². The van der Waals surface area contributed by atoms with Crippen LogP contribution < -0.4 is 10.2 Å². The largest absolute Gasteiger partial charge is 0.354 e. The Bertz CT molecular complexity index is 1270. The molecule has 1 aliphatic heterocycles. The molecule has 0 radical (unpaired) electrons. The minimum Gasteiger partial charge on any atom is -0.354 e. The summed E-state index contributed by atoms with van der Waals surface area (Å²) in [7, 11) is 0. The van der Waals surface area contributed by atoms with Gasteiger partial charge in [0.1, 0.15) is 22.8 Å². The number of piperazine rings is 1. The summed E-state index contributed by atoms with van der Waals surface area (Å²) in [6.07, 6.45) is 3.39. The first kappa shape index (κ1) is 21.4. The van der Waals surface area contributed by atoms with Crippen molar-refractivity contribution < 1.29 is 4.79 Å². The monoisotopic (exact) mass is 460 g/mol. The summed E-state index contributed by atoms with van der Waals surface area (Å²) in [5, 5.41) is 12.5. The zero-order valence-electron chi connectivity index (χ0n) is 18.5. The first-order chi connectivity index (χ1) is 16.1. The van der Waals surface area contributed by atoms with Crippen LogP contribution in [-0.2, 0) is 0 Å². The molecule has 0 atom stereocenters. The lowest BCUT2D eigenvalue weighted by Crippen LogP contribution is -2.49. The highest BCUT2D eigenvalue weighted by Crippen LogP contribution is 2.23. The van der Waals surface area contributed by atoms with E-state index < -0.39 is 0 Å². The van der Waals surface area contributed by atoms with Crippen LogP contribution >= 0.6 is 11.3 Å². The van der Waals surface area contributed by atoms with Crippen LogP contribution in [-0.4, -0.2) is 68.2 Å². The van der Waals surface area contributed by atoms with E-state index in [4.69, 9.17) is 0 Å².